The van der Waals surface area contributed by atoms with E-state index in [-0.39, 0.29) is 32.5 Å². The van der Waals surface area contributed by atoms with E-state index in [1.807, 2.05) is 52.0 Å². The Balaban J connectivity index is 1.98. The van der Waals surface area contributed by atoms with Gasteiger partial charge in [-0.05, 0) is 0 Å². The maximum absolute atomic E-state index is 12.5. The molecule has 0 bridgehead atoms. The SMILES string of the molecule is [B]C1(C(C)(I)C(=O)Oc2c(O)ccc3ccccc23)[B][I-]1. The predicted octanol–water partition coefficient (Wildman–Crippen LogP) is -0.811. The number of hydrogen-bond donors (Lipinski definition) is 1. The molecule has 0 spiro atoms. The molecule has 1 fully saturated rings. The number of rotatable bonds is 3. The summed E-state index contributed by atoms with van der Waals surface area (Å²) in [7, 11) is 6.15. The second-order valence-electron chi connectivity index (χ2n) is 5.01. The summed E-state index contributed by atoms with van der Waals surface area (Å²) >= 11 is 1.78. The Morgan fingerprint density at radius 2 is 2.10 bits per heavy atom. The number of alkyl halides is 2. The van der Waals surface area contributed by atoms with Crippen LogP contribution in [0, 0.1) is 0 Å². The summed E-state index contributed by atoms with van der Waals surface area (Å²) in [6.45, 7) is 1.78. The first kappa shape index (κ1) is 15.5. The fourth-order valence-corrected chi connectivity index (χ4v) is 5.36. The Morgan fingerprint density at radius 3 is 2.76 bits per heavy atom. The number of halogens is 2. The first-order valence-corrected chi connectivity index (χ1v) is 9.65. The zero-order chi connectivity index (χ0) is 15.3. The van der Waals surface area contributed by atoms with Crippen molar-refractivity contribution in [3.05, 3.63) is 36.4 Å². The van der Waals surface area contributed by atoms with Crippen molar-refractivity contribution in [2.45, 2.75) is 13.6 Å². The average Bonchev–Trinajstić information content (AvgIpc) is 3.21. The summed E-state index contributed by atoms with van der Waals surface area (Å²) in [6.07, 6.45) is 0. The van der Waals surface area contributed by atoms with Gasteiger partial charge in [-0.15, -0.1) is 0 Å². The molecule has 0 aliphatic carbocycles. The van der Waals surface area contributed by atoms with Crippen LogP contribution in [0.15, 0.2) is 36.4 Å². The third-order valence-electron chi connectivity index (χ3n) is 3.50. The topological polar surface area (TPSA) is 46.5 Å². The fourth-order valence-electron chi connectivity index (χ4n) is 1.95. The summed E-state index contributed by atoms with van der Waals surface area (Å²) in [5.74, 6) is -0.274. The molecule has 21 heavy (non-hydrogen) atoms. The molecule has 3 nitrogen and oxygen atoms in total. The molecule has 1 aliphatic rings. The Bertz CT molecular complexity index is 729. The van der Waals surface area contributed by atoms with Crippen molar-refractivity contribution >= 4 is 52.3 Å². The normalized spacial score (nSPS) is 23.5. The minimum absolute atomic E-state index is 0.0465. The number of aromatic hydroxyl groups is 1. The Labute approximate surface area is 148 Å². The van der Waals surface area contributed by atoms with E-state index in [1.165, 1.54) is 6.07 Å². The molecular formula is C14H10B2I2O3-. The molecule has 1 N–H and O–H groups in total. The first-order valence-electron chi connectivity index (χ1n) is 6.25. The summed E-state index contributed by atoms with van der Waals surface area (Å²) in [5.41, 5.74) is 0. The van der Waals surface area contributed by atoms with Crippen molar-refractivity contribution in [1.82, 2.24) is 0 Å². The molecule has 0 saturated carbocycles. The van der Waals surface area contributed by atoms with Crippen LogP contribution in [-0.2, 0) is 4.79 Å². The van der Waals surface area contributed by atoms with E-state index in [2.05, 4.69) is 0 Å². The van der Waals surface area contributed by atoms with Crippen molar-refractivity contribution in [2.24, 2.45) is 0 Å². The zero-order valence-electron chi connectivity index (χ0n) is 11.1. The van der Waals surface area contributed by atoms with Gasteiger partial charge in [-0.3, -0.25) is 0 Å². The van der Waals surface area contributed by atoms with Gasteiger partial charge in [0.15, 0.2) is 0 Å². The van der Waals surface area contributed by atoms with Crippen molar-refractivity contribution in [2.75, 3.05) is 0 Å². The van der Waals surface area contributed by atoms with Gasteiger partial charge in [0.1, 0.15) is 0 Å². The quantitative estimate of drug-likeness (QED) is 0.197. The van der Waals surface area contributed by atoms with E-state index < -0.39 is 12.6 Å². The number of benzene rings is 2. The minimum atomic E-state index is -0.818. The van der Waals surface area contributed by atoms with Gasteiger partial charge in [0, 0.05) is 0 Å². The number of hydrogen-bond acceptors (Lipinski definition) is 3. The molecule has 2 aromatic rings. The van der Waals surface area contributed by atoms with Gasteiger partial charge in [0.25, 0.3) is 0 Å². The van der Waals surface area contributed by atoms with E-state index in [1.54, 1.807) is 13.0 Å². The molecule has 2 aromatic carbocycles. The number of ether oxygens (including phenoxy) is 1. The van der Waals surface area contributed by atoms with Gasteiger partial charge < -0.3 is 0 Å². The molecule has 1 heterocycles. The Morgan fingerprint density at radius 1 is 1.43 bits per heavy atom. The van der Waals surface area contributed by atoms with Gasteiger partial charge in [-0.1, -0.05) is 0 Å². The van der Waals surface area contributed by atoms with Crippen LogP contribution in [-0.4, -0.2) is 30.7 Å². The number of fused-ring (bicyclic) bond motifs is 1. The van der Waals surface area contributed by atoms with Crippen molar-refractivity contribution in [3.63, 3.8) is 0 Å². The van der Waals surface area contributed by atoms with Gasteiger partial charge in [0.2, 0.25) is 0 Å². The Kier molecular flexibility index (Phi) is 3.92. The number of carbonyl (C=O) groups excluding carboxylic acids is 1. The van der Waals surface area contributed by atoms with Crippen molar-refractivity contribution in [3.8, 4) is 11.5 Å². The maximum atomic E-state index is 12.5. The first-order chi connectivity index (χ1) is 9.85. The number of esters is 1. The second-order valence-corrected chi connectivity index (χ2v) is 10.2. The third-order valence-corrected chi connectivity index (χ3v) is 8.91. The molecule has 1 aliphatic heterocycles. The number of phenolic OH excluding ortho intramolecular Hbond substituents is 1. The van der Waals surface area contributed by atoms with E-state index >= 15 is 0 Å². The summed E-state index contributed by atoms with van der Waals surface area (Å²) < 4.78 is 4.17. The molecule has 3 radical (unpaired) electrons. The average molecular weight is 502 g/mol. The molecule has 3 rings (SSSR count). The van der Waals surface area contributed by atoms with Crippen LogP contribution < -0.4 is 25.7 Å². The van der Waals surface area contributed by atoms with Crippen LogP contribution in [0.1, 0.15) is 6.92 Å². The molecule has 105 valence electrons. The zero-order valence-corrected chi connectivity index (χ0v) is 15.5. The number of carbonyl (C=O) groups is 1. The van der Waals surface area contributed by atoms with Crippen LogP contribution in [0.3, 0.4) is 0 Å². The van der Waals surface area contributed by atoms with Crippen LogP contribution >= 0.6 is 22.6 Å². The van der Waals surface area contributed by atoms with Gasteiger partial charge >= 0.3 is 149 Å². The molecule has 1 saturated heterocycles. The molecule has 0 aromatic heterocycles. The third kappa shape index (κ3) is 2.67. The summed E-state index contributed by atoms with van der Waals surface area (Å²) in [4.78, 5) is 12.5. The van der Waals surface area contributed by atoms with Crippen LogP contribution in [0.25, 0.3) is 10.8 Å². The van der Waals surface area contributed by atoms with E-state index in [4.69, 9.17) is 12.6 Å². The standard InChI is InChI=1S/C14H10B2I2O3/c1-13(17,14(15)16-18-14)12(20)21-11-9-5-3-2-4-8(9)6-7-10(11)19/h2-7,19H,1H3/q-1. The van der Waals surface area contributed by atoms with E-state index in [0.29, 0.717) is 5.39 Å². The Hall–Kier alpha value is -0.440. The van der Waals surface area contributed by atoms with Crippen LogP contribution in [0.4, 0.5) is 0 Å². The van der Waals surface area contributed by atoms with Crippen LogP contribution in [0.2, 0.25) is 0 Å². The van der Waals surface area contributed by atoms with Gasteiger partial charge in [-0.2, -0.15) is 0 Å². The van der Waals surface area contributed by atoms with E-state index in [9.17, 15) is 9.90 Å². The molecule has 0 amide bonds. The fraction of sp³-hybridized carbons (Fsp3) is 0.214. The molecular weight excluding hydrogens is 492 g/mol. The van der Waals surface area contributed by atoms with E-state index in [0.717, 1.165) is 5.39 Å². The van der Waals surface area contributed by atoms with Gasteiger partial charge in [-0.25, -0.2) is 0 Å². The van der Waals surface area contributed by atoms with Crippen molar-refractivity contribution in [1.29, 1.82) is 0 Å². The monoisotopic (exact) mass is 502 g/mol. The molecule has 2 atom stereocenters. The van der Waals surface area contributed by atoms with Gasteiger partial charge in [0.05, 0.1) is 0 Å². The molecule has 7 heteroatoms. The molecule has 2 unspecified atom stereocenters. The number of phenols is 1. The summed E-state index contributed by atoms with van der Waals surface area (Å²) in [5, 5.41) is 13.6. The summed E-state index contributed by atoms with van der Waals surface area (Å²) in [6, 6.07) is 10.8. The second kappa shape index (κ2) is 5.33. The predicted molar refractivity (Wildman–Crippen MR) is 87.9 cm³/mol. The van der Waals surface area contributed by atoms with Crippen LogP contribution in [0.5, 0.6) is 11.5 Å². The van der Waals surface area contributed by atoms with Crippen molar-refractivity contribution < 1.29 is 35.6 Å².